The fourth-order valence-electron chi connectivity index (χ4n) is 2.66. The normalized spacial score (nSPS) is 15.8. The smallest absolute Gasteiger partial charge is 0.317 e. The van der Waals surface area contributed by atoms with Gasteiger partial charge in [-0.3, -0.25) is 4.90 Å². The lowest BCUT2D eigenvalue weighted by Gasteiger charge is -2.32. The Morgan fingerprint density at radius 3 is 2.71 bits per heavy atom. The second-order valence-electron chi connectivity index (χ2n) is 6.04. The first kappa shape index (κ1) is 18.3. The van der Waals surface area contributed by atoms with Gasteiger partial charge in [-0.2, -0.15) is 0 Å². The average molecular weight is 335 g/mol. The molecule has 6 heteroatoms. The highest BCUT2D eigenvalue weighted by Gasteiger charge is 2.21. The van der Waals surface area contributed by atoms with Crippen LogP contribution in [-0.2, 0) is 0 Å². The summed E-state index contributed by atoms with van der Waals surface area (Å²) in [6.07, 6.45) is 3.83. The summed E-state index contributed by atoms with van der Waals surface area (Å²) >= 11 is 0. The van der Waals surface area contributed by atoms with Crippen molar-refractivity contribution in [2.24, 2.45) is 0 Å². The summed E-state index contributed by atoms with van der Waals surface area (Å²) in [6, 6.07) is 5.99. The van der Waals surface area contributed by atoms with E-state index < -0.39 is 0 Å². The van der Waals surface area contributed by atoms with Crippen molar-refractivity contribution in [3.8, 4) is 5.75 Å². The van der Waals surface area contributed by atoms with Crippen LogP contribution < -0.4 is 10.1 Å². The lowest BCUT2D eigenvalue weighted by molar-refractivity contribution is 0.176. The Hall–Kier alpha value is -2.08. The number of nitrogens with zero attached hydrogens (tertiary/aromatic N) is 2. The van der Waals surface area contributed by atoms with Crippen LogP contribution in [-0.4, -0.2) is 61.7 Å². The van der Waals surface area contributed by atoms with Crippen LogP contribution in [0.1, 0.15) is 12.8 Å². The first-order valence-electron chi connectivity index (χ1n) is 8.31. The second-order valence-corrected chi connectivity index (χ2v) is 6.04. The summed E-state index contributed by atoms with van der Waals surface area (Å²) < 4.78 is 18.3. The minimum absolute atomic E-state index is 0.0834. The fourth-order valence-corrected chi connectivity index (χ4v) is 2.66. The molecular formula is C18H26FN3O2. The lowest BCUT2D eigenvalue weighted by Crippen LogP contribution is -2.48. The summed E-state index contributed by atoms with van der Waals surface area (Å²) in [5.74, 6) is 0.304. The molecule has 0 aliphatic carbocycles. The maximum absolute atomic E-state index is 12.8. The molecule has 0 radical (unpaired) electrons. The van der Waals surface area contributed by atoms with E-state index in [1.165, 1.54) is 12.1 Å². The van der Waals surface area contributed by atoms with Crippen LogP contribution in [0.2, 0.25) is 0 Å². The van der Waals surface area contributed by atoms with E-state index >= 15 is 0 Å². The molecule has 0 unspecified atom stereocenters. The quantitative estimate of drug-likeness (QED) is 0.779. The van der Waals surface area contributed by atoms with Crippen LogP contribution in [0.3, 0.4) is 0 Å². The number of nitrogens with one attached hydrogen (secondary N) is 1. The fraction of sp³-hybridized carbons (Fsp3) is 0.500. The molecule has 1 aliphatic heterocycles. The molecule has 0 aromatic heterocycles. The highest BCUT2D eigenvalue weighted by atomic mass is 19.1. The van der Waals surface area contributed by atoms with Gasteiger partial charge >= 0.3 is 6.03 Å². The number of halogens is 1. The van der Waals surface area contributed by atoms with Gasteiger partial charge in [0, 0.05) is 32.7 Å². The number of carbonyl (C=O) groups is 1. The number of hydrogen-bond donors (Lipinski definition) is 1. The van der Waals surface area contributed by atoms with Crippen molar-refractivity contribution in [1.82, 2.24) is 15.1 Å². The third-order valence-electron chi connectivity index (χ3n) is 4.16. The maximum Gasteiger partial charge on any atom is 0.317 e. The summed E-state index contributed by atoms with van der Waals surface area (Å²) in [7, 11) is 1.75. The number of likely N-dealkylation sites (N-methyl/N-ethyl adjacent to an activating group) is 1. The molecule has 0 spiro atoms. The molecule has 5 nitrogen and oxygen atoms in total. The zero-order valence-corrected chi connectivity index (χ0v) is 14.2. The Morgan fingerprint density at radius 2 is 2.08 bits per heavy atom. The lowest BCUT2D eigenvalue weighted by atomic mass is 10.1. The number of likely N-dealkylation sites (tertiary alicyclic amines) is 1. The number of ether oxygens (including phenoxy) is 1. The Bertz CT molecular complexity index is 528. The molecule has 1 saturated heterocycles. The zero-order valence-electron chi connectivity index (χ0n) is 14.2. The molecule has 2 amide bonds. The van der Waals surface area contributed by atoms with Crippen molar-refractivity contribution in [1.29, 1.82) is 0 Å². The van der Waals surface area contributed by atoms with Crippen molar-refractivity contribution in [3.05, 3.63) is 42.7 Å². The minimum atomic E-state index is -0.294. The molecule has 1 aliphatic rings. The molecule has 1 aromatic carbocycles. The summed E-state index contributed by atoms with van der Waals surface area (Å²) in [6.45, 7) is 7.46. The molecule has 24 heavy (non-hydrogen) atoms. The van der Waals surface area contributed by atoms with E-state index in [0.717, 1.165) is 32.5 Å². The van der Waals surface area contributed by atoms with Gasteiger partial charge in [-0.25, -0.2) is 9.18 Å². The Balaban J connectivity index is 1.65. The molecule has 0 saturated carbocycles. The molecule has 1 aromatic rings. The van der Waals surface area contributed by atoms with E-state index in [4.69, 9.17) is 4.74 Å². The van der Waals surface area contributed by atoms with E-state index in [9.17, 15) is 9.18 Å². The molecule has 1 N–H and O–H groups in total. The van der Waals surface area contributed by atoms with Crippen molar-refractivity contribution < 1.29 is 13.9 Å². The van der Waals surface area contributed by atoms with Crippen molar-refractivity contribution in [2.45, 2.75) is 18.9 Å². The SMILES string of the molecule is C=CCN1CCC(NC(=O)N(C)CCOc2ccc(F)cc2)CC1. The first-order valence-corrected chi connectivity index (χ1v) is 8.31. The molecule has 132 valence electrons. The monoisotopic (exact) mass is 335 g/mol. The summed E-state index contributed by atoms with van der Waals surface area (Å²) in [5.41, 5.74) is 0. The molecule has 1 heterocycles. The van der Waals surface area contributed by atoms with Gasteiger partial charge in [0.05, 0.1) is 6.54 Å². The van der Waals surface area contributed by atoms with Gasteiger partial charge in [0.15, 0.2) is 0 Å². The summed E-state index contributed by atoms with van der Waals surface area (Å²) in [5, 5.41) is 3.07. The van der Waals surface area contributed by atoms with Crippen LogP contribution >= 0.6 is 0 Å². The number of benzene rings is 1. The van der Waals surface area contributed by atoms with Gasteiger partial charge in [0.2, 0.25) is 0 Å². The van der Waals surface area contributed by atoms with Crippen LogP contribution in [0.4, 0.5) is 9.18 Å². The highest BCUT2D eigenvalue weighted by Crippen LogP contribution is 2.12. The maximum atomic E-state index is 12.8. The number of hydrogen-bond acceptors (Lipinski definition) is 3. The van der Waals surface area contributed by atoms with E-state index in [1.807, 2.05) is 6.08 Å². The van der Waals surface area contributed by atoms with Gasteiger partial charge < -0.3 is 15.0 Å². The minimum Gasteiger partial charge on any atom is -0.492 e. The standard InChI is InChI=1S/C18H26FN3O2/c1-3-10-22-11-8-16(9-12-22)20-18(23)21(2)13-14-24-17-6-4-15(19)5-7-17/h3-7,16H,1,8-14H2,2H3,(H,20,23). The average Bonchev–Trinajstić information content (AvgIpc) is 2.58. The van der Waals surface area contributed by atoms with Gasteiger partial charge in [-0.05, 0) is 37.1 Å². The van der Waals surface area contributed by atoms with Crippen LogP contribution in [0, 0.1) is 5.82 Å². The highest BCUT2D eigenvalue weighted by molar-refractivity contribution is 5.74. The van der Waals surface area contributed by atoms with Gasteiger partial charge in [-0.15, -0.1) is 6.58 Å². The number of carbonyl (C=O) groups excluding carboxylic acids is 1. The first-order chi connectivity index (χ1) is 11.6. The third kappa shape index (κ3) is 5.85. The molecule has 0 atom stereocenters. The van der Waals surface area contributed by atoms with E-state index in [2.05, 4.69) is 16.8 Å². The number of piperidine rings is 1. The zero-order chi connectivity index (χ0) is 17.4. The molecular weight excluding hydrogens is 309 g/mol. The van der Waals surface area contributed by atoms with Crippen LogP contribution in [0.5, 0.6) is 5.75 Å². The molecule has 1 fully saturated rings. The van der Waals surface area contributed by atoms with Gasteiger partial charge in [-0.1, -0.05) is 6.08 Å². The summed E-state index contributed by atoms with van der Waals surface area (Å²) in [4.78, 5) is 16.1. The van der Waals surface area contributed by atoms with Crippen LogP contribution in [0.25, 0.3) is 0 Å². The molecule has 2 rings (SSSR count). The van der Waals surface area contributed by atoms with Crippen molar-refractivity contribution in [2.75, 3.05) is 39.8 Å². The van der Waals surface area contributed by atoms with E-state index in [1.54, 1.807) is 24.1 Å². The Kier molecular flexibility index (Phi) is 7.06. The van der Waals surface area contributed by atoms with Crippen molar-refractivity contribution in [3.63, 3.8) is 0 Å². The largest absolute Gasteiger partial charge is 0.492 e. The van der Waals surface area contributed by atoms with Crippen LogP contribution in [0.15, 0.2) is 36.9 Å². The van der Waals surface area contributed by atoms with E-state index in [-0.39, 0.29) is 17.9 Å². The van der Waals surface area contributed by atoms with Crippen molar-refractivity contribution >= 4 is 6.03 Å². The van der Waals surface area contributed by atoms with Gasteiger partial charge in [0.1, 0.15) is 18.2 Å². The van der Waals surface area contributed by atoms with E-state index in [0.29, 0.717) is 18.9 Å². The third-order valence-corrected chi connectivity index (χ3v) is 4.16. The topological polar surface area (TPSA) is 44.8 Å². The predicted molar refractivity (Wildman–Crippen MR) is 92.7 cm³/mol. The second kappa shape index (κ2) is 9.27. The Labute approximate surface area is 143 Å². The number of urea groups is 1. The number of rotatable bonds is 7. The molecule has 0 bridgehead atoms. The number of amides is 2. The Morgan fingerprint density at radius 1 is 1.42 bits per heavy atom. The van der Waals surface area contributed by atoms with Gasteiger partial charge in [0.25, 0.3) is 0 Å². The predicted octanol–water partition coefficient (Wildman–Crippen LogP) is 2.50.